The van der Waals surface area contributed by atoms with Crippen molar-refractivity contribution in [1.29, 1.82) is 0 Å². The number of nitrogen functional groups attached to an aromatic ring is 1. The van der Waals surface area contributed by atoms with Crippen LogP contribution >= 0.6 is 0 Å². The van der Waals surface area contributed by atoms with Crippen LogP contribution in [0, 0.1) is 5.92 Å². The smallest absolute Gasteiger partial charge is 0.125 e. The summed E-state index contributed by atoms with van der Waals surface area (Å²) in [5, 5.41) is 3.23. The van der Waals surface area contributed by atoms with Crippen molar-refractivity contribution in [2.24, 2.45) is 5.92 Å². The number of nitrogens with zero attached hydrogens (tertiary/aromatic N) is 1. The maximum Gasteiger partial charge on any atom is 0.125 e. The van der Waals surface area contributed by atoms with E-state index in [-0.39, 0.29) is 0 Å². The number of nitrogens with two attached hydrogens (primary N) is 1. The Morgan fingerprint density at radius 3 is 3.13 bits per heavy atom. The highest BCUT2D eigenvalue weighted by molar-refractivity contribution is 5.49. The third kappa shape index (κ3) is 3.75. The molecule has 4 heteroatoms. The summed E-state index contributed by atoms with van der Waals surface area (Å²) < 4.78 is 5.50. The van der Waals surface area contributed by atoms with E-state index in [4.69, 9.17) is 10.5 Å². The van der Waals surface area contributed by atoms with Gasteiger partial charge in [0.15, 0.2) is 0 Å². The Bertz CT molecular complexity index is 312. The minimum Gasteiger partial charge on any atom is -0.384 e. The summed E-state index contributed by atoms with van der Waals surface area (Å²) in [6, 6.07) is 3.72. The Kier molecular flexibility index (Phi) is 3.40. The second-order valence-corrected chi connectivity index (χ2v) is 3.91. The third-order valence-electron chi connectivity index (χ3n) is 2.41. The monoisotopic (exact) mass is 207 g/mol. The Morgan fingerprint density at radius 1 is 1.53 bits per heavy atom. The van der Waals surface area contributed by atoms with Crippen molar-refractivity contribution in [3.8, 4) is 0 Å². The van der Waals surface area contributed by atoms with Crippen LogP contribution in [-0.4, -0.2) is 24.7 Å². The lowest BCUT2D eigenvalue weighted by Gasteiger charge is -2.07. The molecule has 1 aromatic rings. The van der Waals surface area contributed by atoms with Crippen molar-refractivity contribution in [2.45, 2.75) is 12.8 Å². The predicted molar refractivity (Wildman–Crippen MR) is 60.7 cm³/mol. The van der Waals surface area contributed by atoms with Gasteiger partial charge < -0.3 is 15.8 Å². The molecular formula is C11H17N3O. The Balaban J connectivity index is 1.60. The molecule has 1 heterocycles. The highest BCUT2D eigenvalue weighted by Gasteiger charge is 2.20. The summed E-state index contributed by atoms with van der Waals surface area (Å²) in [6.07, 6.45) is 4.38. The standard InChI is InChI=1S/C11H17N3O/c12-11-7-10(3-4-14-11)13-5-6-15-8-9-1-2-9/h3-4,7,9H,1-2,5-6,8H2,(H3,12,13,14). The van der Waals surface area contributed by atoms with Crippen molar-refractivity contribution >= 4 is 11.5 Å². The molecule has 4 nitrogen and oxygen atoms in total. The van der Waals surface area contributed by atoms with Gasteiger partial charge in [0.1, 0.15) is 5.82 Å². The predicted octanol–water partition coefficient (Wildman–Crippen LogP) is 1.50. The topological polar surface area (TPSA) is 60.2 Å². The summed E-state index contributed by atoms with van der Waals surface area (Å²) in [4.78, 5) is 3.92. The zero-order valence-corrected chi connectivity index (χ0v) is 8.78. The third-order valence-corrected chi connectivity index (χ3v) is 2.41. The molecule has 1 aliphatic carbocycles. The van der Waals surface area contributed by atoms with E-state index in [0.717, 1.165) is 31.4 Å². The van der Waals surface area contributed by atoms with Crippen LogP contribution in [0.5, 0.6) is 0 Å². The number of pyridine rings is 1. The number of nitrogens with one attached hydrogen (secondary N) is 1. The molecule has 15 heavy (non-hydrogen) atoms. The maximum absolute atomic E-state index is 5.55. The first-order valence-corrected chi connectivity index (χ1v) is 5.38. The highest BCUT2D eigenvalue weighted by atomic mass is 16.5. The molecule has 0 spiro atoms. The van der Waals surface area contributed by atoms with Crippen molar-refractivity contribution in [3.63, 3.8) is 0 Å². The van der Waals surface area contributed by atoms with Crippen LogP contribution in [0.2, 0.25) is 0 Å². The Morgan fingerprint density at radius 2 is 2.40 bits per heavy atom. The summed E-state index contributed by atoms with van der Waals surface area (Å²) in [7, 11) is 0. The van der Waals surface area contributed by atoms with E-state index < -0.39 is 0 Å². The summed E-state index contributed by atoms with van der Waals surface area (Å²) >= 11 is 0. The lowest BCUT2D eigenvalue weighted by molar-refractivity contribution is 0.134. The molecule has 0 unspecified atom stereocenters. The van der Waals surface area contributed by atoms with Gasteiger partial charge >= 0.3 is 0 Å². The molecule has 82 valence electrons. The van der Waals surface area contributed by atoms with E-state index in [1.807, 2.05) is 12.1 Å². The van der Waals surface area contributed by atoms with E-state index in [9.17, 15) is 0 Å². The van der Waals surface area contributed by atoms with Crippen LogP contribution in [0.4, 0.5) is 11.5 Å². The molecule has 2 rings (SSSR count). The molecule has 3 N–H and O–H groups in total. The fourth-order valence-electron chi connectivity index (χ4n) is 1.36. The summed E-state index contributed by atoms with van der Waals surface area (Å²) in [6.45, 7) is 2.48. The van der Waals surface area contributed by atoms with Gasteiger partial charge in [-0.3, -0.25) is 0 Å². The molecule has 1 saturated carbocycles. The van der Waals surface area contributed by atoms with Gasteiger partial charge in [0.2, 0.25) is 0 Å². The van der Waals surface area contributed by atoms with Gasteiger partial charge in [-0.1, -0.05) is 0 Å². The maximum atomic E-state index is 5.55. The van der Waals surface area contributed by atoms with E-state index in [1.54, 1.807) is 6.20 Å². The van der Waals surface area contributed by atoms with Gasteiger partial charge in [-0.05, 0) is 24.8 Å². The molecule has 0 saturated heterocycles. The molecule has 1 aliphatic rings. The van der Waals surface area contributed by atoms with Gasteiger partial charge in [-0.15, -0.1) is 0 Å². The van der Waals surface area contributed by atoms with Crippen LogP contribution in [0.1, 0.15) is 12.8 Å². The van der Waals surface area contributed by atoms with Gasteiger partial charge in [0.25, 0.3) is 0 Å². The first-order valence-electron chi connectivity index (χ1n) is 5.38. The summed E-state index contributed by atoms with van der Waals surface area (Å²) in [5.74, 6) is 1.38. The molecule has 0 atom stereocenters. The minimum absolute atomic E-state index is 0.541. The number of hydrogen-bond donors (Lipinski definition) is 2. The first kappa shape index (κ1) is 10.2. The second kappa shape index (κ2) is 4.98. The second-order valence-electron chi connectivity index (χ2n) is 3.91. The molecular weight excluding hydrogens is 190 g/mol. The quantitative estimate of drug-likeness (QED) is 0.694. The lowest BCUT2D eigenvalue weighted by atomic mass is 10.4. The zero-order valence-electron chi connectivity index (χ0n) is 8.78. The van der Waals surface area contributed by atoms with Gasteiger partial charge in [0.05, 0.1) is 6.61 Å². The van der Waals surface area contributed by atoms with Crippen molar-refractivity contribution in [3.05, 3.63) is 18.3 Å². The van der Waals surface area contributed by atoms with E-state index in [0.29, 0.717) is 5.82 Å². The SMILES string of the molecule is Nc1cc(NCCOCC2CC2)ccn1. The van der Waals surface area contributed by atoms with Gasteiger partial charge in [-0.2, -0.15) is 0 Å². The largest absolute Gasteiger partial charge is 0.384 e. The Labute approximate surface area is 89.8 Å². The zero-order chi connectivity index (χ0) is 10.5. The van der Waals surface area contributed by atoms with Gasteiger partial charge in [0, 0.05) is 31.1 Å². The highest BCUT2D eigenvalue weighted by Crippen LogP contribution is 2.28. The number of ether oxygens (including phenoxy) is 1. The molecule has 1 fully saturated rings. The van der Waals surface area contributed by atoms with Crippen molar-refractivity contribution in [2.75, 3.05) is 30.8 Å². The number of anilines is 2. The lowest BCUT2D eigenvalue weighted by Crippen LogP contribution is -2.10. The average Bonchev–Trinajstić information content (AvgIpc) is 3.01. The van der Waals surface area contributed by atoms with Crippen molar-refractivity contribution in [1.82, 2.24) is 4.98 Å². The fraction of sp³-hybridized carbons (Fsp3) is 0.545. The molecule has 0 aromatic carbocycles. The van der Waals surface area contributed by atoms with Crippen LogP contribution < -0.4 is 11.1 Å². The molecule has 0 radical (unpaired) electrons. The van der Waals surface area contributed by atoms with Gasteiger partial charge in [-0.25, -0.2) is 4.98 Å². The van der Waals surface area contributed by atoms with E-state index in [1.165, 1.54) is 12.8 Å². The normalized spacial score (nSPS) is 15.2. The van der Waals surface area contributed by atoms with E-state index in [2.05, 4.69) is 10.3 Å². The van der Waals surface area contributed by atoms with Crippen LogP contribution in [0.15, 0.2) is 18.3 Å². The molecule has 0 amide bonds. The van der Waals surface area contributed by atoms with Crippen molar-refractivity contribution < 1.29 is 4.74 Å². The summed E-state index contributed by atoms with van der Waals surface area (Å²) in [5.41, 5.74) is 6.55. The number of rotatable bonds is 6. The average molecular weight is 207 g/mol. The van der Waals surface area contributed by atoms with Crippen LogP contribution in [-0.2, 0) is 4.74 Å². The van der Waals surface area contributed by atoms with Crippen LogP contribution in [0.25, 0.3) is 0 Å². The van der Waals surface area contributed by atoms with E-state index >= 15 is 0 Å². The molecule has 0 aliphatic heterocycles. The fourth-order valence-corrected chi connectivity index (χ4v) is 1.36. The minimum atomic E-state index is 0.541. The first-order chi connectivity index (χ1) is 7.34. The molecule has 0 bridgehead atoms. The Hall–Kier alpha value is -1.29. The van der Waals surface area contributed by atoms with Crippen LogP contribution in [0.3, 0.4) is 0 Å². The number of hydrogen-bond acceptors (Lipinski definition) is 4. The number of aromatic nitrogens is 1. The molecule has 1 aromatic heterocycles.